The molecule has 0 aromatic heterocycles. The van der Waals surface area contributed by atoms with E-state index in [1.807, 2.05) is 27.9 Å². The summed E-state index contributed by atoms with van der Waals surface area (Å²) in [6.45, 7) is 10.3. The van der Waals surface area contributed by atoms with Crippen LogP contribution in [0.25, 0.3) is 0 Å². The van der Waals surface area contributed by atoms with E-state index in [1.165, 1.54) is 19.0 Å². The lowest BCUT2D eigenvalue weighted by molar-refractivity contribution is 0.0704. The second kappa shape index (κ2) is 10.0. The Balaban J connectivity index is 2.44. The minimum atomic E-state index is -2.45. The van der Waals surface area contributed by atoms with Gasteiger partial charge in [-0.25, -0.2) is 0 Å². The fourth-order valence-corrected chi connectivity index (χ4v) is 7.78. The van der Waals surface area contributed by atoms with Crippen molar-refractivity contribution in [1.82, 2.24) is 4.57 Å². The van der Waals surface area contributed by atoms with Gasteiger partial charge in [-0.3, -0.25) is 0 Å². The zero-order valence-corrected chi connectivity index (χ0v) is 15.7. The molecule has 7 heteroatoms. The van der Waals surface area contributed by atoms with Gasteiger partial charge in [-0.2, -0.15) is 0 Å². The maximum Gasteiger partial charge on any atom is 0.500 e. The topological polar surface area (TPSA) is 40.2 Å². The fourth-order valence-electron chi connectivity index (χ4n) is 2.82. The highest BCUT2D eigenvalue weighted by Crippen LogP contribution is 2.21. The maximum atomic E-state index is 5.88. The first-order valence-electron chi connectivity index (χ1n) is 7.90. The van der Waals surface area contributed by atoms with Crippen LogP contribution < -0.4 is 0 Å². The zero-order valence-electron chi connectivity index (χ0n) is 13.5. The molecule has 0 aliphatic carbocycles. The molecule has 1 aliphatic heterocycles. The molecule has 1 atom stereocenters. The smallest absolute Gasteiger partial charge is 0.409 e. The SMILES string of the molecule is CCO[Si](CCCN1CCC[SiH]1OC)(OCC)OCC. The molecule has 0 aromatic rings. The van der Waals surface area contributed by atoms with Crippen LogP contribution in [0.2, 0.25) is 12.1 Å². The van der Waals surface area contributed by atoms with Crippen LogP contribution in [-0.4, -0.2) is 62.6 Å². The van der Waals surface area contributed by atoms with Crippen LogP contribution in [-0.2, 0) is 17.7 Å². The van der Waals surface area contributed by atoms with Crippen molar-refractivity contribution >= 4 is 18.0 Å². The lowest BCUT2D eigenvalue weighted by Gasteiger charge is -2.29. The molecule has 0 spiro atoms. The van der Waals surface area contributed by atoms with E-state index in [0.29, 0.717) is 19.8 Å². The number of nitrogens with zero attached hydrogens (tertiary/aromatic N) is 1. The lowest BCUT2D eigenvalue weighted by Crippen LogP contribution is -2.46. The van der Waals surface area contributed by atoms with E-state index in [9.17, 15) is 0 Å². The van der Waals surface area contributed by atoms with Crippen LogP contribution in [0.1, 0.15) is 33.6 Å². The molecule has 0 bridgehead atoms. The molecule has 0 N–H and O–H groups in total. The second-order valence-corrected chi connectivity index (χ2v) is 10.4. The Labute approximate surface area is 126 Å². The molecular formula is C13H31NO4Si2. The molecule has 1 aliphatic rings. The molecule has 1 heterocycles. The first-order valence-corrected chi connectivity index (χ1v) is 11.6. The Hall–Kier alpha value is 0.234. The molecule has 0 saturated carbocycles. The first-order chi connectivity index (χ1) is 9.71. The standard InChI is InChI=1S/C13H31NO4Si2/c1-5-16-20(17-6-2,18-7-3)13-9-11-14-10-8-12-19(14)15-4/h19H,5-13H2,1-4H3. The van der Waals surface area contributed by atoms with Crippen LogP contribution in [0.5, 0.6) is 0 Å². The van der Waals surface area contributed by atoms with Gasteiger partial charge in [0.05, 0.1) is 0 Å². The number of rotatable bonds is 11. The van der Waals surface area contributed by atoms with Crippen molar-refractivity contribution in [3.8, 4) is 0 Å². The normalized spacial score (nSPS) is 20.7. The highest BCUT2D eigenvalue weighted by molar-refractivity contribution is 6.60. The monoisotopic (exact) mass is 321 g/mol. The Morgan fingerprint density at radius 2 is 1.65 bits per heavy atom. The lowest BCUT2D eigenvalue weighted by atomic mass is 10.4. The second-order valence-electron chi connectivity index (χ2n) is 4.95. The molecular weight excluding hydrogens is 290 g/mol. The van der Waals surface area contributed by atoms with Crippen molar-refractivity contribution in [3.05, 3.63) is 0 Å². The molecule has 0 radical (unpaired) electrons. The van der Waals surface area contributed by atoms with Crippen LogP contribution in [0.4, 0.5) is 0 Å². The largest absolute Gasteiger partial charge is 0.500 e. The van der Waals surface area contributed by atoms with Gasteiger partial charge in [0.25, 0.3) is 9.20 Å². The van der Waals surface area contributed by atoms with Crippen molar-refractivity contribution < 1.29 is 17.7 Å². The number of hydrogen-bond acceptors (Lipinski definition) is 5. The summed E-state index contributed by atoms with van der Waals surface area (Å²) >= 11 is 0. The van der Waals surface area contributed by atoms with E-state index in [2.05, 4.69) is 4.57 Å². The molecule has 0 aromatic carbocycles. The van der Waals surface area contributed by atoms with Crippen LogP contribution >= 0.6 is 0 Å². The van der Waals surface area contributed by atoms with Gasteiger partial charge in [0, 0.05) is 33.0 Å². The van der Waals surface area contributed by atoms with Crippen molar-refractivity contribution in [2.24, 2.45) is 0 Å². The van der Waals surface area contributed by atoms with Crippen molar-refractivity contribution in [3.63, 3.8) is 0 Å². The molecule has 120 valence electrons. The highest BCUT2D eigenvalue weighted by Gasteiger charge is 2.40. The molecule has 0 amide bonds. The fraction of sp³-hybridized carbons (Fsp3) is 1.00. The van der Waals surface area contributed by atoms with Crippen LogP contribution in [0.3, 0.4) is 0 Å². The minimum absolute atomic E-state index is 0.658. The molecule has 1 saturated heterocycles. The van der Waals surface area contributed by atoms with Gasteiger partial charge in [-0.15, -0.1) is 0 Å². The summed E-state index contributed by atoms with van der Waals surface area (Å²) in [6.07, 6.45) is 2.36. The summed E-state index contributed by atoms with van der Waals surface area (Å²) in [5, 5.41) is 0. The minimum Gasteiger partial charge on any atom is -0.409 e. The Morgan fingerprint density at radius 3 is 2.15 bits per heavy atom. The summed E-state index contributed by atoms with van der Waals surface area (Å²) in [6, 6.07) is 2.19. The average molecular weight is 322 g/mol. The average Bonchev–Trinajstić information content (AvgIpc) is 2.87. The summed E-state index contributed by atoms with van der Waals surface area (Å²) in [4.78, 5) is 0. The van der Waals surface area contributed by atoms with Crippen LogP contribution in [0.15, 0.2) is 0 Å². The summed E-state index contributed by atoms with van der Waals surface area (Å²) in [5.41, 5.74) is 0. The predicted molar refractivity (Wildman–Crippen MR) is 85.2 cm³/mol. The maximum absolute atomic E-state index is 5.88. The predicted octanol–water partition coefficient (Wildman–Crippen LogP) is 2.00. The quantitative estimate of drug-likeness (QED) is 0.544. The molecule has 20 heavy (non-hydrogen) atoms. The van der Waals surface area contributed by atoms with E-state index in [-0.39, 0.29) is 0 Å². The van der Waals surface area contributed by atoms with Gasteiger partial charge < -0.3 is 22.3 Å². The third-order valence-electron chi connectivity index (χ3n) is 3.60. The molecule has 1 unspecified atom stereocenters. The van der Waals surface area contributed by atoms with Crippen LogP contribution in [0, 0.1) is 0 Å². The van der Waals surface area contributed by atoms with Gasteiger partial charge in [0.2, 0.25) is 0 Å². The Kier molecular flexibility index (Phi) is 9.18. The zero-order chi connectivity index (χ0) is 14.8. The third-order valence-corrected chi connectivity index (χ3v) is 9.53. The Bertz CT molecular complexity index is 242. The van der Waals surface area contributed by atoms with Gasteiger partial charge in [0.1, 0.15) is 0 Å². The van der Waals surface area contributed by atoms with E-state index in [0.717, 1.165) is 19.0 Å². The highest BCUT2D eigenvalue weighted by atomic mass is 28.4. The van der Waals surface area contributed by atoms with E-state index in [1.54, 1.807) is 0 Å². The van der Waals surface area contributed by atoms with Crippen molar-refractivity contribution in [2.45, 2.75) is 45.7 Å². The summed E-state index contributed by atoms with van der Waals surface area (Å²) in [7, 11) is -1.68. The number of hydrogen-bond donors (Lipinski definition) is 0. The van der Waals surface area contributed by atoms with Crippen molar-refractivity contribution in [2.75, 3.05) is 40.0 Å². The van der Waals surface area contributed by atoms with Gasteiger partial charge in [-0.05, 0) is 52.7 Å². The van der Waals surface area contributed by atoms with E-state index in [4.69, 9.17) is 17.7 Å². The summed E-state index contributed by atoms with van der Waals surface area (Å²) < 4.78 is 25.8. The van der Waals surface area contributed by atoms with E-state index >= 15 is 0 Å². The van der Waals surface area contributed by atoms with Crippen molar-refractivity contribution in [1.29, 1.82) is 0 Å². The van der Waals surface area contributed by atoms with E-state index < -0.39 is 18.0 Å². The van der Waals surface area contributed by atoms with Gasteiger partial charge in [0.15, 0.2) is 0 Å². The Morgan fingerprint density at radius 1 is 1.05 bits per heavy atom. The first kappa shape index (κ1) is 18.3. The molecule has 5 nitrogen and oxygen atoms in total. The summed E-state index contributed by atoms with van der Waals surface area (Å²) in [5.74, 6) is 0. The van der Waals surface area contributed by atoms with Gasteiger partial charge >= 0.3 is 8.80 Å². The molecule has 1 fully saturated rings. The third kappa shape index (κ3) is 5.55. The van der Waals surface area contributed by atoms with Gasteiger partial charge in [-0.1, -0.05) is 0 Å². The molecule has 1 rings (SSSR count).